The first-order chi connectivity index (χ1) is 12.1. The van der Waals surface area contributed by atoms with Crippen molar-refractivity contribution in [3.8, 4) is 0 Å². The van der Waals surface area contributed by atoms with Crippen LogP contribution < -0.4 is 16.0 Å². The Morgan fingerprint density at radius 2 is 1.96 bits per heavy atom. The van der Waals surface area contributed by atoms with Crippen molar-refractivity contribution in [1.82, 2.24) is 25.7 Å². The van der Waals surface area contributed by atoms with Crippen LogP contribution in [0.2, 0.25) is 5.02 Å². The summed E-state index contributed by atoms with van der Waals surface area (Å²) in [5.41, 5.74) is 1.49. The largest absolute Gasteiger partial charge is 0.357 e. The number of nitrogens with zero attached hydrogens (tertiary/aromatic N) is 3. The molecule has 1 aromatic carbocycles. The number of benzene rings is 1. The topological polar surface area (TPSA) is 83.3 Å². The fourth-order valence-corrected chi connectivity index (χ4v) is 2.38. The number of aromatic nitrogens is 2. The van der Waals surface area contributed by atoms with Crippen LogP contribution in [0.3, 0.4) is 0 Å². The first kappa shape index (κ1) is 18.8. The van der Waals surface area contributed by atoms with Crippen molar-refractivity contribution in [2.45, 2.75) is 13.5 Å². The number of guanidine groups is 1. The lowest BCUT2D eigenvalue weighted by Crippen LogP contribution is -2.41. The molecular weight excluding hydrogens is 340 g/mol. The van der Waals surface area contributed by atoms with Crippen LogP contribution in [0.15, 0.2) is 41.5 Å². The molecule has 2 aromatic rings. The zero-order valence-corrected chi connectivity index (χ0v) is 15.2. The predicted octanol–water partition coefficient (Wildman–Crippen LogP) is 1.56. The third kappa shape index (κ3) is 5.79. The molecule has 134 valence electrons. The Morgan fingerprint density at radius 1 is 1.20 bits per heavy atom. The standard InChI is InChI=1S/C17H23ClN6O/c1-3-19-17(22-12-13-8-9-23-24(13)2)21-11-10-20-16(25)14-6-4-5-7-15(14)18/h4-9H,3,10-12H2,1-2H3,(H,20,25)(H2,19,21,22). The van der Waals surface area contributed by atoms with Gasteiger partial charge in [-0.1, -0.05) is 23.7 Å². The lowest BCUT2D eigenvalue weighted by molar-refractivity contribution is 0.0954. The molecule has 8 heteroatoms. The zero-order valence-electron chi connectivity index (χ0n) is 14.4. The predicted molar refractivity (Wildman–Crippen MR) is 99.8 cm³/mol. The molecule has 0 fully saturated rings. The van der Waals surface area contributed by atoms with E-state index in [1.807, 2.05) is 20.0 Å². The van der Waals surface area contributed by atoms with Gasteiger partial charge in [-0.25, -0.2) is 4.99 Å². The normalized spacial score (nSPS) is 11.2. The summed E-state index contributed by atoms with van der Waals surface area (Å²) in [5, 5.41) is 13.8. The van der Waals surface area contributed by atoms with E-state index in [-0.39, 0.29) is 5.91 Å². The number of hydrogen-bond acceptors (Lipinski definition) is 3. The van der Waals surface area contributed by atoms with Gasteiger partial charge in [-0.05, 0) is 25.1 Å². The highest BCUT2D eigenvalue weighted by Gasteiger charge is 2.08. The van der Waals surface area contributed by atoms with Crippen molar-refractivity contribution >= 4 is 23.5 Å². The van der Waals surface area contributed by atoms with E-state index in [2.05, 4.69) is 26.0 Å². The summed E-state index contributed by atoms with van der Waals surface area (Å²) in [5.74, 6) is 0.500. The maximum absolute atomic E-state index is 12.1. The second kappa shape index (κ2) is 9.68. The van der Waals surface area contributed by atoms with Crippen LogP contribution >= 0.6 is 11.6 Å². The number of carbonyl (C=O) groups excluding carboxylic acids is 1. The Bertz CT molecular complexity index is 727. The first-order valence-corrected chi connectivity index (χ1v) is 8.51. The highest BCUT2D eigenvalue weighted by atomic mass is 35.5. The number of hydrogen-bond donors (Lipinski definition) is 3. The molecule has 1 heterocycles. The van der Waals surface area contributed by atoms with E-state index in [9.17, 15) is 4.79 Å². The minimum absolute atomic E-state index is 0.191. The number of rotatable bonds is 7. The lowest BCUT2D eigenvalue weighted by atomic mass is 10.2. The maximum Gasteiger partial charge on any atom is 0.252 e. The van der Waals surface area contributed by atoms with Crippen molar-refractivity contribution in [2.75, 3.05) is 19.6 Å². The molecule has 0 aliphatic heterocycles. The molecule has 0 unspecified atom stereocenters. The van der Waals surface area contributed by atoms with Gasteiger partial charge >= 0.3 is 0 Å². The van der Waals surface area contributed by atoms with Crippen LogP contribution in [0.4, 0.5) is 0 Å². The number of aliphatic imine (C=N–C) groups is 1. The highest BCUT2D eigenvalue weighted by molar-refractivity contribution is 6.33. The molecular formula is C17H23ClN6O. The van der Waals surface area contributed by atoms with E-state index in [1.165, 1.54) is 0 Å². The minimum Gasteiger partial charge on any atom is -0.357 e. The summed E-state index contributed by atoms with van der Waals surface area (Å²) in [6.07, 6.45) is 1.75. The molecule has 0 saturated carbocycles. The maximum atomic E-state index is 12.1. The zero-order chi connectivity index (χ0) is 18.1. The molecule has 7 nitrogen and oxygen atoms in total. The van der Waals surface area contributed by atoms with Crippen LogP contribution in [0.1, 0.15) is 23.0 Å². The van der Waals surface area contributed by atoms with Gasteiger partial charge in [-0.3, -0.25) is 9.48 Å². The minimum atomic E-state index is -0.191. The van der Waals surface area contributed by atoms with Gasteiger partial charge in [0.05, 0.1) is 22.8 Å². The van der Waals surface area contributed by atoms with Crippen LogP contribution in [0.25, 0.3) is 0 Å². The van der Waals surface area contributed by atoms with Crippen molar-refractivity contribution < 1.29 is 4.79 Å². The Kier molecular flexibility index (Phi) is 7.28. The summed E-state index contributed by atoms with van der Waals surface area (Å²) >= 11 is 6.01. The van der Waals surface area contributed by atoms with Gasteiger partial charge in [-0.15, -0.1) is 0 Å². The van der Waals surface area contributed by atoms with Crippen molar-refractivity contribution in [3.63, 3.8) is 0 Å². The molecule has 0 radical (unpaired) electrons. The van der Waals surface area contributed by atoms with Crippen molar-refractivity contribution in [3.05, 3.63) is 52.8 Å². The van der Waals surface area contributed by atoms with E-state index in [4.69, 9.17) is 11.6 Å². The summed E-state index contributed by atoms with van der Waals surface area (Å²) in [7, 11) is 1.88. The summed E-state index contributed by atoms with van der Waals surface area (Å²) in [4.78, 5) is 16.6. The molecule has 2 rings (SSSR count). The van der Waals surface area contributed by atoms with Crippen LogP contribution in [0, 0.1) is 0 Å². The lowest BCUT2D eigenvalue weighted by Gasteiger charge is -2.12. The van der Waals surface area contributed by atoms with Crippen molar-refractivity contribution in [1.29, 1.82) is 0 Å². The molecule has 0 bridgehead atoms. The van der Waals surface area contributed by atoms with Gasteiger partial charge in [0.2, 0.25) is 0 Å². The number of amides is 1. The van der Waals surface area contributed by atoms with Gasteiger partial charge in [0.15, 0.2) is 5.96 Å². The average molecular weight is 363 g/mol. The van der Waals surface area contributed by atoms with E-state index < -0.39 is 0 Å². The summed E-state index contributed by atoms with van der Waals surface area (Å²) in [6.45, 7) is 4.29. The average Bonchev–Trinajstić information content (AvgIpc) is 3.01. The van der Waals surface area contributed by atoms with Gasteiger partial charge in [0.25, 0.3) is 5.91 Å². The molecule has 0 atom stereocenters. The van der Waals surface area contributed by atoms with Gasteiger partial charge in [0.1, 0.15) is 0 Å². The number of aryl methyl sites for hydroxylation is 1. The number of carbonyl (C=O) groups is 1. The molecule has 3 N–H and O–H groups in total. The molecule has 0 spiro atoms. The highest BCUT2D eigenvalue weighted by Crippen LogP contribution is 2.14. The number of nitrogens with one attached hydrogen (secondary N) is 3. The van der Waals surface area contributed by atoms with E-state index >= 15 is 0 Å². The second-order valence-corrected chi connectivity index (χ2v) is 5.71. The first-order valence-electron chi connectivity index (χ1n) is 8.13. The van der Waals surface area contributed by atoms with Gasteiger partial charge in [0, 0.05) is 32.9 Å². The monoisotopic (exact) mass is 362 g/mol. The fraction of sp³-hybridized carbons (Fsp3) is 0.353. The van der Waals surface area contributed by atoms with Crippen molar-refractivity contribution in [2.24, 2.45) is 12.0 Å². The molecule has 0 aliphatic rings. The second-order valence-electron chi connectivity index (χ2n) is 5.30. The molecule has 0 aliphatic carbocycles. The van der Waals surface area contributed by atoms with E-state index in [0.717, 1.165) is 12.2 Å². The molecule has 0 saturated heterocycles. The summed E-state index contributed by atoms with van der Waals surface area (Å²) in [6, 6.07) is 8.90. The van der Waals surface area contributed by atoms with Crippen LogP contribution in [-0.4, -0.2) is 41.3 Å². The van der Waals surface area contributed by atoms with Gasteiger partial charge < -0.3 is 16.0 Å². The summed E-state index contributed by atoms with van der Waals surface area (Å²) < 4.78 is 1.79. The Balaban J connectivity index is 1.80. The molecule has 1 aromatic heterocycles. The van der Waals surface area contributed by atoms with Crippen LogP contribution in [0.5, 0.6) is 0 Å². The number of halogens is 1. The third-order valence-corrected chi connectivity index (χ3v) is 3.82. The fourth-order valence-electron chi connectivity index (χ4n) is 2.16. The molecule has 1 amide bonds. The SMILES string of the molecule is CCNC(=NCc1ccnn1C)NCCNC(=O)c1ccccc1Cl. The quantitative estimate of drug-likeness (QED) is 0.396. The Labute approximate surface area is 152 Å². The smallest absolute Gasteiger partial charge is 0.252 e. The van der Waals surface area contributed by atoms with Gasteiger partial charge in [-0.2, -0.15) is 5.10 Å². The van der Waals surface area contributed by atoms with E-state index in [0.29, 0.717) is 36.2 Å². The Hall–Kier alpha value is -2.54. The van der Waals surface area contributed by atoms with E-state index in [1.54, 1.807) is 35.1 Å². The third-order valence-electron chi connectivity index (χ3n) is 3.49. The Morgan fingerprint density at radius 3 is 2.64 bits per heavy atom. The van der Waals surface area contributed by atoms with Crippen LogP contribution in [-0.2, 0) is 13.6 Å². The molecule has 25 heavy (non-hydrogen) atoms.